The number of unbranched alkanes of at least 4 members (excludes halogenated alkanes) is 2. The number of carbonyl (C=O) groups excluding carboxylic acids is 1. The SMILES string of the molecule is CCCCCOC(=O)CCCOCCOCCOCCOCC(C)C. The molecular formula is C19H38O6. The van der Waals surface area contributed by atoms with Gasteiger partial charge in [-0.1, -0.05) is 33.6 Å². The van der Waals surface area contributed by atoms with Crippen molar-refractivity contribution in [3.05, 3.63) is 0 Å². The zero-order valence-electron chi connectivity index (χ0n) is 16.4. The van der Waals surface area contributed by atoms with Crippen molar-refractivity contribution in [2.45, 2.75) is 52.9 Å². The Morgan fingerprint density at radius 2 is 1.28 bits per heavy atom. The standard InChI is InChI=1S/C19H38O6/c1-4-5-6-10-25-19(20)8-7-9-21-11-12-22-13-14-23-15-16-24-17-18(2)3/h18H,4-17H2,1-3H3. The Labute approximate surface area is 153 Å². The van der Waals surface area contributed by atoms with Crippen LogP contribution in [-0.2, 0) is 28.5 Å². The van der Waals surface area contributed by atoms with Gasteiger partial charge in [-0.2, -0.15) is 0 Å². The minimum absolute atomic E-state index is 0.134. The lowest BCUT2D eigenvalue weighted by atomic mass is 10.2. The Bertz CT molecular complexity index is 283. The van der Waals surface area contributed by atoms with E-state index < -0.39 is 0 Å². The van der Waals surface area contributed by atoms with Crippen molar-refractivity contribution in [1.82, 2.24) is 0 Å². The first kappa shape index (κ1) is 24.3. The van der Waals surface area contributed by atoms with Crippen molar-refractivity contribution in [1.29, 1.82) is 0 Å². The molecule has 6 nitrogen and oxygen atoms in total. The second kappa shape index (κ2) is 19.6. The summed E-state index contributed by atoms with van der Waals surface area (Å²) in [5, 5.41) is 0. The van der Waals surface area contributed by atoms with E-state index in [0.717, 1.165) is 25.9 Å². The van der Waals surface area contributed by atoms with E-state index in [0.29, 0.717) is 71.6 Å². The predicted octanol–water partition coefficient (Wildman–Crippen LogP) is 3.22. The van der Waals surface area contributed by atoms with Gasteiger partial charge in [0.25, 0.3) is 0 Å². The molecule has 0 saturated carbocycles. The van der Waals surface area contributed by atoms with Gasteiger partial charge in [0.2, 0.25) is 0 Å². The van der Waals surface area contributed by atoms with Crippen molar-refractivity contribution in [2.24, 2.45) is 5.92 Å². The number of esters is 1. The summed E-state index contributed by atoms with van der Waals surface area (Å²) in [7, 11) is 0. The first-order valence-corrected chi connectivity index (χ1v) is 9.63. The van der Waals surface area contributed by atoms with Crippen LogP contribution in [0.1, 0.15) is 52.9 Å². The van der Waals surface area contributed by atoms with Crippen LogP contribution in [0.15, 0.2) is 0 Å². The van der Waals surface area contributed by atoms with Crippen LogP contribution in [0.3, 0.4) is 0 Å². The molecule has 0 aromatic carbocycles. The highest BCUT2D eigenvalue weighted by Gasteiger charge is 2.02. The fraction of sp³-hybridized carbons (Fsp3) is 0.947. The summed E-state index contributed by atoms with van der Waals surface area (Å²) >= 11 is 0. The molecule has 0 amide bonds. The average Bonchev–Trinajstić information content (AvgIpc) is 2.58. The van der Waals surface area contributed by atoms with Crippen molar-refractivity contribution in [2.75, 3.05) is 59.5 Å². The van der Waals surface area contributed by atoms with Crippen molar-refractivity contribution >= 4 is 5.97 Å². The zero-order chi connectivity index (χ0) is 18.6. The highest BCUT2D eigenvalue weighted by atomic mass is 16.6. The molecule has 0 aromatic heterocycles. The van der Waals surface area contributed by atoms with E-state index in [1.807, 2.05) is 0 Å². The molecule has 0 aromatic rings. The van der Waals surface area contributed by atoms with E-state index in [2.05, 4.69) is 20.8 Å². The third-order valence-electron chi connectivity index (χ3n) is 3.25. The number of hydrogen-bond donors (Lipinski definition) is 0. The molecular weight excluding hydrogens is 324 g/mol. The minimum Gasteiger partial charge on any atom is -0.466 e. The van der Waals surface area contributed by atoms with Gasteiger partial charge in [0.1, 0.15) is 0 Å². The summed E-state index contributed by atoms with van der Waals surface area (Å²) in [5.41, 5.74) is 0. The fourth-order valence-corrected chi connectivity index (χ4v) is 1.91. The molecule has 0 spiro atoms. The number of carbonyl (C=O) groups is 1. The van der Waals surface area contributed by atoms with Crippen LogP contribution in [0.5, 0.6) is 0 Å². The third kappa shape index (κ3) is 21.3. The molecule has 0 rings (SSSR count). The average molecular weight is 363 g/mol. The molecule has 0 aliphatic rings. The first-order chi connectivity index (χ1) is 12.2. The molecule has 0 heterocycles. The minimum atomic E-state index is -0.134. The summed E-state index contributed by atoms with van der Waals surface area (Å²) in [6, 6.07) is 0. The van der Waals surface area contributed by atoms with E-state index in [-0.39, 0.29) is 5.97 Å². The Kier molecular flexibility index (Phi) is 19.1. The fourth-order valence-electron chi connectivity index (χ4n) is 1.91. The van der Waals surface area contributed by atoms with Gasteiger partial charge in [-0.3, -0.25) is 4.79 Å². The molecule has 0 bridgehead atoms. The van der Waals surface area contributed by atoms with Gasteiger partial charge >= 0.3 is 5.97 Å². The molecule has 0 atom stereocenters. The molecule has 0 radical (unpaired) electrons. The third-order valence-corrected chi connectivity index (χ3v) is 3.25. The second-order valence-corrected chi connectivity index (χ2v) is 6.34. The maximum atomic E-state index is 11.4. The number of hydrogen-bond acceptors (Lipinski definition) is 6. The molecule has 150 valence electrons. The van der Waals surface area contributed by atoms with E-state index in [4.69, 9.17) is 23.7 Å². The van der Waals surface area contributed by atoms with Crippen LogP contribution in [0, 0.1) is 5.92 Å². The van der Waals surface area contributed by atoms with Gasteiger partial charge in [0, 0.05) is 19.6 Å². The van der Waals surface area contributed by atoms with E-state index in [1.54, 1.807) is 0 Å². The van der Waals surface area contributed by atoms with Gasteiger partial charge < -0.3 is 23.7 Å². The first-order valence-electron chi connectivity index (χ1n) is 9.63. The lowest BCUT2D eigenvalue weighted by molar-refractivity contribution is -0.144. The molecule has 0 aliphatic heterocycles. The largest absolute Gasteiger partial charge is 0.466 e. The van der Waals surface area contributed by atoms with Gasteiger partial charge in [-0.05, 0) is 18.8 Å². The van der Waals surface area contributed by atoms with Crippen molar-refractivity contribution in [3.8, 4) is 0 Å². The van der Waals surface area contributed by atoms with Crippen LogP contribution < -0.4 is 0 Å². The smallest absolute Gasteiger partial charge is 0.305 e. The van der Waals surface area contributed by atoms with E-state index in [9.17, 15) is 4.79 Å². The Morgan fingerprint density at radius 1 is 0.720 bits per heavy atom. The molecule has 0 aliphatic carbocycles. The van der Waals surface area contributed by atoms with E-state index >= 15 is 0 Å². The lowest BCUT2D eigenvalue weighted by Gasteiger charge is -2.08. The molecule has 6 heteroatoms. The quantitative estimate of drug-likeness (QED) is 0.260. The number of ether oxygens (including phenoxy) is 5. The Balaban J connectivity index is 3.10. The topological polar surface area (TPSA) is 63.2 Å². The summed E-state index contributed by atoms with van der Waals surface area (Å²) in [6.07, 6.45) is 4.29. The zero-order valence-corrected chi connectivity index (χ0v) is 16.4. The summed E-state index contributed by atoms with van der Waals surface area (Å²) < 4.78 is 26.7. The van der Waals surface area contributed by atoms with Gasteiger partial charge in [-0.25, -0.2) is 0 Å². The molecule has 25 heavy (non-hydrogen) atoms. The summed E-state index contributed by atoms with van der Waals surface area (Å²) in [4.78, 5) is 11.4. The molecule has 0 unspecified atom stereocenters. The Morgan fingerprint density at radius 3 is 1.84 bits per heavy atom. The normalized spacial score (nSPS) is 11.2. The van der Waals surface area contributed by atoms with Crippen molar-refractivity contribution in [3.63, 3.8) is 0 Å². The van der Waals surface area contributed by atoms with Gasteiger partial charge in [0.15, 0.2) is 0 Å². The second-order valence-electron chi connectivity index (χ2n) is 6.34. The molecule has 0 saturated heterocycles. The van der Waals surface area contributed by atoms with Gasteiger partial charge in [-0.15, -0.1) is 0 Å². The highest BCUT2D eigenvalue weighted by molar-refractivity contribution is 5.69. The lowest BCUT2D eigenvalue weighted by Crippen LogP contribution is -2.13. The van der Waals surface area contributed by atoms with E-state index in [1.165, 1.54) is 0 Å². The van der Waals surface area contributed by atoms with Crippen LogP contribution in [0.2, 0.25) is 0 Å². The van der Waals surface area contributed by atoms with Crippen LogP contribution in [0.25, 0.3) is 0 Å². The van der Waals surface area contributed by atoms with Crippen LogP contribution in [0.4, 0.5) is 0 Å². The highest BCUT2D eigenvalue weighted by Crippen LogP contribution is 1.98. The Hall–Kier alpha value is -0.690. The maximum Gasteiger partial charge on any atom is 0.305 e. The molecule has 0 N–H and O–H groups in total. The maximum absolute atomic E-state index is 11.4. The predicted molar refractivity (Wildman–Crippen MR) is 97.8 cm³/mol. The molecule has 0 fully saturated rings. The summed E-state index contributed by atoms with van der Waals surface area (Å²) in [5.74, 6) is 0.422. The van der Waals surface area contributed by atoms with Crippen LogP contribution in [-0.4, -0.2) is 65.4 Å². The van der Waals surface area contributed by atoms with Crippen molar-refractivity contribution < 1.29 is 28.5 Å². The van der Waals surface area contributed by atoms with Gasteiger partial charge in [0.05, 0.1) is 46.2 Å². The monoisotopic (exact) mass is 362 g/mol. The summed E-state index contributed by atoms with van der Waals surface area (Å²) in [6.45, 7) is 11.6. The van der Waals surface area contributed by atoms with Crippen LogP contribution >= 0.6 is 0 Å². The number of rotatable bonds is 19.